The molecule has 0 spiro atoms. The first-order valence-electron chi connectivity index (χ1n) is 5.32. The van der Waals surface area contributed by atoms with Gasteiger partial charge in [-0.15, -0.1) is 0 Å². The van der Waals surface area contributed by atoms with Gasteiger partial charge in [0, 0.05) is 6.04 Å². The molecule has 1 aromatic rings. The largest absolute Gasteiger partial charge is 0.490 e. The molecule has 0 saturated heterocycles. The zero-order valence-electron chi connectivity index (χ0n) is 9.70. The van der Waals surface area contributed by atoms with Crippen LogP contribution in [0.15, 0.2) is 18.2 Å². The van der Waals surface area contributed by atoms with E-state index in [1.165, 1.54) is 6.07 Å². The molecule has 0 aromatic heterocycles. The summed E-state index contributed by atoms with van der Waals surface area (Å²) in [5.74, 6) is 1.00. The maximum absolute atomic E-state index is 13.5. The minimum Gasteiger partial charge on any atom is -0.490 e. The van der Waals surface area contributed by atoms with Gasteiger partial charge in [-0.3, -0.25) is 0 Å². The Bertz CT molecular complexity index is 331. The Labute approximate surface area is 100 Å². The van der Waals surface area contributed by atoms with E-state index in [9.17, 15) is 4.39 Å². The number of nitrogens with two attached hydrogens (primary N) is 1. The van der Waals surface area contributed by atoms with Crippen molar-refractivity contribution in [3.05, 3.63) is 29.6 Å². The highest BCUT2D eigenvalue weighted by Gasteiger charge is 2.06. The number of halogens is 1. The SMILES string of the molecule is CSCCCOc1ccc([C@H](C)N)cc1F. The summed E-state index contributed by atoms with van der Waals surface area (Å²) in [6.45, 7) is 2.38. The van der Waals surface area contributed by atoms with E-state index in [1.54, 1.807) is 23.9 Å². The summed E-state index contributed by atoms with van der Waals surface area (Å²) in [7, 11) is 0. The standard InChI is InChI=1S/C12H18FNOS/c1-9(14)10-4-5-12(11(13)8-10)15-6-3-7-16-2/h4-5,8-9H,3,6-7,14H2,1-2H3/t9-/m0/s1. The summed E-state index contributed by atoms with van der Waals surface area (Å²) < 4.78 is 18.9. The van der Waals surface area contributed by atoms with Crippen molar-refractivity contribution < 1.29 is 9.13 Å². The van der Waals surface area contributed by atoms with Crippen LogP contribution in [-0.2, 0) is 0 Å². The van der Waals surface area contributed by atoms with Crippen molar-refractivity contribution in [2.45, 2.75) is 19.4 Å². The third kappa shape index (κ3) is 4.02. The number of thioether (sulfide) groups is 1. The average molecular weight is 243 g/mol. The minimum absolute atomic E-state index is 0.153. The zero-order valence-corrected chi connectivity index (χ0v) is 10.5. The number of rotatable bonds is 6. The molecule has 0 heterocycles. The molecule has 0 unspecified atom stereocenters. The van der Waals surface area contributed by atoms with Gasteiger partial charge in [0.1, 0.15) is 0 Å². The first-order chi connectivity index (χ1) is 7.65. The molecule has 0 bridgehead atoms. The third-order valence-corrected chi connectivity index (χ3v) is 2.93. The van der Waals surface area contributed by atoms with Gasteiger partial charge in [0.25, 0.3) is 0 Å². The molecule has 2 nitrogen and oxygen atoms in total. The Morgan fingerprint density at radius 3 is 2.81 bits per heavy atom. The molecule has 0 aliphatic heterocycles. The molecule has 1 rings (SSSR count). The maximum Gasteiger partial charge on any atom is 0.165 e. The fourth-order valence-corrected chi connectivity index (χ4v) is 1.71. The number of hydrogen-bond acceptors (Lipinski definition) is 3. The lowest BCUT2D eigenvalue weighted by atomic mass is 10.1. The Balaban J connectivity index is 2.54. The van der Waals surface area contributed by atoms with Crippen molar-refractivity contribution in [1.82, 2.24) is 0 Å². The molecule has 1 aromatic carbocycles. The van der Waals surface area contributed by atoms with Crippen molar-refractivity contribution in [2.75, 3.05) is 18.6 Å². The zero-order chi connectivity index (χ0) is 12.0. The molecule has 0 aliphatic rings. The van der Waals surface area contributed by atoms with Gasteiger partial charge in [-0.25, -0.2) is 4.39 Å². The minimum atomic E-state index is -0.334. The Morgan fingerprint density at radius 2 is 2.25 bits per heavy atom. The summed E-state index contributed by atoms with van der Waals surface area (Å²) >= 11 is 1.76. The van der Waals surface area contributed by atoms with Crippen molar-refractivity contribution in [2.24, 2.45) is 5.73 Å². The van der Waals surface area contributed by atoms with Crippen LogP contribution in [0.3, 0.4) is 0 Å². The summed E-state index contributed by atoms with van der Waals surface area (Å²) in [6, 6.07) is 4.74. The average Bonchev–Trinajstić information content (AvgIpc) is 2.26. The van der Waals surface area contributed by atoms with Gasteiger partial charge < -0.3 is 10.5 Å². The molecule has 90 valence electrons. The van der Waals surface area contributed by atoms with Crippen molar-refractivity contribution >= 4 is 11.8 Å². The van der Waals surface area contributed by atoms with Gasteiger partial charge in [0.15, 0.2) is 11.6 Å². The predicted molar refractivity (Wildman–Crippen MR) is 67.5 cm³/mol. The molecule has 0 radical (unpaired) electrons. The van der Waals surface area contributed by atoms with Crippen LogP contribution >= 0.6 is 11.8 Å². The van der Waals surface area contributed by atoms with E-state index in [0.29, 0.717) is 12.4 Å². The van der Waals surface area contributed by atoms with Crippen LogP contribution in [0, 0.1) is 5.82 Å². The van der Waals surface area contributed by atoms with Gasteiger partial charge in [-0.05, 0) is 43.0 Å². The quantitative estimate of drug-likeness (QED) is 0.780. The fraction of sp³-hybridized carbons (Fsp3) is 0.500. The molecule has 0 fully saturated rings. The molecular weight excluding hydrogens is 225 g/mol. The van der Waals surface area contributed by atoms with Crippen LogP contribution in [-0.4, -0.2) is 18.6 Å². The lowest BCUT2D eigenvalue weighted by Gasteiger charge is -2.10. The maximum atomic E-state index is 13.5. The lowest BCUT2D eigenvalue weighted by molar-refractivity contribution is 0.302. The highest BCUT2D eigenvalue weighted by atomic mass is 32.2. The summed E-state index contributed by atoms with van der Waals surface area (Å²) in [4.78, 5) is 0. The van der Waals surface area contributed by atoms with Gasteiger partial charge in [0.2, 0.25) is 0 Å². The second-order valence-corrected chi connectivity index (χ2v) is 4.66. The normalized spacial score (nSPS) is 12.5. The lowest BCUT2D eigenvalue weighted by Crippen LogP contribution is -2.06. The Kier molecular flexibility index (Phi) is 5.63. The topological polar surface area (TPSA) is 35.2 Å². The van der Waals surface area contributed by atoms with Gasteiger partial charge >= 0.3 is 0 Å². The van der Waals surface area contributed by atoms with E-state index < -0.39 is 0 Å². The number of ether oxygens (including phenoxy) is 1. The molecule has 4 heteroatoms. The van der Waals surface area contributed by atoms with Crippen LogP contribution in [0.2, 0.25) is 0 Å². The highest BCUT2D eigenvalue weighted by Crippen LogP contribution is 2.21. The first-order valence-corrected chi connectivity index (χ1v) is 6.71. The summed E-state index contributed by atoms with van der Waals surface area (Å²) in [5, 5.41) is 0. The van der Waals surface area contributed by atoms with Crippen LogP contribution < -0.4 is 10.5 Å². The number of hydrogen-bond donors (Lipinski definition) is 1. The summed E-state index contributed by atoms with van der Waals surface area (Å²) in [6.07, 6.45) is 2.97. The number of benzene rings is 1. The van der Waals surface area contributed by atoms with Crippen LogP contribution in [0.4, 0.5) is 4.39 Å². The van der Waals surface area contributed by atoms with Crippen LogP contribution in [0.25, 0.3) is 0 Å². The van der Waals surface area contributed by atoms with Gasteiger partial charge in [-0.1, -0.05) is 6.07 Å². The molecular formula is C12H18FNOS. The van der Waals surface area contributed by atoms with E-state index >= 15 is 0 Å². The molecule has 0 amide bonds. The third-order valence-electron chi connectivity index (χ3n) is 2.23. The van der Waals surface area contributed by atoms with Crippen LogP contribution in [0.1, 0.15) is 24.9 Å². The van der Waals surface area contributed by atoms with E-state index in [1.807, 2.05) is 13.2 Å². The monoisotopic (exact) mass is 243 g/mol. The van der Waals surface area contributed by atoms with E-state index in [2.05, 4.69) is 0 Å². The van der Waals surface area contributed by atoms with Crippen molar-refractivity contribution in [1.29, 1.82) is 0 Å². The van der Waals surface area contributed by atoms with Gasteiger partial charge in [0.05, 0.1) is 6.61 Å². The second-order valence-electron chi connectivity index (χ2n) is 3.67. The van der Waals surface area contributed by atoms with E-state index in [-0.39, 0.29) is 11.9 Å². The second kappa shape index (κ2) is 6.76. The molecule has 0 aliphatic carbocycles. The van der Waals surface area contributed by atoms with Gasteiger partial charge in [-0.2, -0.15) is 11.8 Å². The van der Waals surface area contributed by atoms with Crippen molar-refractivity contribution in [3.63, 3.8) is 0 Å². The first kappa shape index (κ1) is 13.3. The Hall–Kier alpha value is -0.740. The fourth-order valence-electron chi connectivity index (χ4n) is 1.30. The molecule has 2 N–H and O–H groups in total. The smallest absolute Gasteiger partial charge is 0.165 e. The molecule has 16 heavy (non-hydrogen) atoms. The van der Waals surface area contributed by atoms with Crippen LogP contribution in [0.5, 0.6) is 5.75 Å². The predicted octanol–water partition coefficient (Wildman–Crippen LogP) is 2.98. The van der Waals surface area contributed by atoms with E-state index in [0.717, 1.165) is 17.7 Å². The molecule has 1 atom stereocenters. The highest BCUT2D eigenvalue weighted by molar-refractivity contribution is 7.98. The summed E-state index contributed by atoms with van der Waals surface area (Å²) in [5.41, 5.74) is 6.45. The Morgan fingerprint density at radius 1 is 1.50 bits per heavy atom. The molecule has 0 saturated carbocycles. The van der Waals surface area contributed by atoms with Crippen molar-refractivity contribution in [3.8, 4) is 5.75 Å². The van der Waals surface area contributed by atoms with E-state index in [4.69, 9.17) is 10.5 Å².